The molecule has 0 radical (unpaired) electrons. The first-order valence-corrected chi connectivity index (χ1v) is 9.55. The fourth-order valence-electron chi connectivity index (χ4n) is 4.57. The summed E-state index contributed by atoms with van der Waals surface area (Å²) in [5, 5.41) is 18.9. The second-order valence-electron chi connectivity index (χ2n) is 8.13. The summed E-state index contributed by atoms with van der Waals surface area (Å²) in [6.07, 6.45) is 7.61. The van der Waals surface area contributed by atoms with Gasteiger partial charge in [-0.05, 0) is 38.6 Å². The monoisotopic (exact) mass is 377 g/mol. The van der Waals surface area contributed by atoms with Crippen LogP contribution in [0.2, 0.25) is 0 Å². The molecule has 28 heavy (non-hydrogen) atoms. The molecule has 1 aliphatic heterocycles. The maximum absolute atomic E-state index is 10.4. The molecule has 2 bridgehead atoms. The predicted molar refractivity (Wildman–Crippen MR) is 104 cm³/mol. The Morgan fingerprint density at radius 3 is 2.68 bits per heavy atom. The standard InChI is InChI=1S/C21H23N5O2/c1-21-10-14(12-25(21)2)19(11-21)28-20-6-5-17(23-24-20)16-4-3-15(9-18(16)27)26-8-7-22-13-26/h3-9,13-14,19,27H,10-12H2,1-2H3/t14-,19+,21-/m1/s1. The van der Waals surface area contributed by atoms with Crippen molar-refractivity contribution < 1.29 is 9.84 Å². The van der Waals surface area contributed by atoms with Gasteiger partial charge in [0.2, 0.25) is 5.88 Å². The van der Waals surface area contributed by atoms with Gasteiger partial charge in [-0.2, -0.15) is 0 Å². The Labute approximate surface area is 163 Å². The Balaban J connectivity index is 1.32. The van der Waals surface area contributed by atoms with Crippen LogP contribution in [0.1, 0.15) is 19.8 Å². The van der Waals surface area contributed by atoms with Crippen molar-refractivity contribution in [3.8, 4) is 28.6 Å². The van der Waals surface area contributed by atoms with Crippen molar-refractivity contribution in [1.82, 2.24) is 24.6 Å². The summed E-state index contributed by atoms with van der Waals surface area (Å²) in [5.74, 6) is 1.25. The number of fused-ring (bicyclic) bond motifs is 2. The van der Waals surface area contributed by atoms with Crippen LogP contribution < -0.4 is 4.74 Å². The Morgan fingerprint density at radius 1 is 1.18 bits per heavy atom. The highest BCUT2D eigenvalue weighted by molar-refractivity contribution is 5.68. The number of benzene rings is 1. The van der Waals surface area contributed by atoms with E-state index >= 15 is 0 Å². The molecule has 1 saturated heterocycles. The van der Waals surface area contributed by atoms with Crippen LogP contribution in [0.5, 0.6) is 11.6 Å². The van der Waals surface area contributed by atoms with Gasteiger partial charge in [-0.25, -0.2) is 4.98 Å². The highest BCUT2D eigenvalue weighted by atomic mass is 16.5. The van der Waals surface area contributed by atoms with Crippen LogP contribution in [-0.4, -0.2) is 55.0 Å². The third-order valence-corrected chi connectivity index (χ3v) is 6.27. The van der Waals surface area contributed by atoms with E-state index in [2.05, 4.69) is 34.1 Å². The van der Waals surface area contributed by atoms with Crippen LogP contribution in [0.4, 0.5) is 0 Å². The van der Waals surface area contributed by atoms with Crippen molar-refractivity contribution >= 4 is 0 Å². The van der Waals surface area contributed by atoms with Crippen LogP contribution in [0, 0.1) is 5.92 Å². The number of hydrogen-bond acceptors (Lipinski definition) is 6. The van der Waals surface area contributed by atoms with Gasteiger partial charge in [0.05, 0.1) is 17.7 Å². The molecule has 3 aromatic rings. The van der Waals surface area contributed by atoms with E-state index in [1.165, 1.54) is 6.42 Å². The Kier molecular flexibility index (Phi) is 3.87. The average molecular weight is 377 g/mol. The zero-order valence-electron chi connectivity index (χ0n) is 16.0. The summed E-state index contributed by atoms with van der Waals surface area (Å²) >= 11 is 0. The van der Waals surface area contributed by atoms with Crippen molar-refractivity contribution in [2.75, 3.05) is 13.6 Å². The molecule has 1 aromatic carbocycles. The molecule has 1 aliphatic carbocycles. The van der Waals surface area contributed by atoms with Crippen molar-refractivity contribution in [2.24, 2.45) is 5.92 Å². The summed E-state index contributed by atoms with van der Waals surface area (Å²) in [7, 11) is 2.19. The molecule has 0 unspecified atom stereocenters. The van der Waals surface area contributed by atoms with Crippen LogP contribution in [0.25, 0.3) is 16.9 Å². The fraction of sp³-hybridized carbons (Fsp3) is 0.381. The van der Waals surface area contributed by atoms with Gasteiger partial charge in [-0.1, -0.05) is 0 Å². The number of aromatic nitrogens is 4. The van der Waals surface area contributed by atoms with E-state index in [-0.39, 0.29) is 17.4 Å². The molecule has 1 N–H and O–H groups in total. The summed E-state index contributed by atoms with van der Waals surface area (Å²) in [5.41, 5.74) is 2.32. The molecular weight excluding hydrogens is 354 g/mol. The lowest BCUT2D eigenvalue weighted by molar-refractivity contribution is 0.0690. The summed E-state index contributed by atoms with van der Waals surface area (Å²) in [6.45, 7) is 3.38. The van der Waals surface area contributed by atoms with Gasteiger partial charge in [0, 0.05) is 54.5 Å². The Bertz CT molecular complexity index is 989. The van der Waals surface area contributed by atoms with Crippen LogP contribution in [0.15, 0.2) is 49.1 Å². The first kappa shape index (κ1) is 17.2. The van der Waals surface area contributed by atoms with Gasteiger partial charge < -0.3 is 19.3 Å². The third kappa shape index (κ3) is 2.82. The molecule has 1 saturated carbocycles. The molecule has 2 aromatic heterocycles. The smallest absolute Gasteiger partial charge is 0.233 e. The first-order valence-electron chi connectivity index (χ1n) is 9.55. The SMILES string of the molecule is CN1C[C@H]2C[C@]1(C)C[C@@H]2Oc1ccc(-c2ccc(-n3ccnc3)cc2O)nn1. The van der Waals surface area contributed by atoms with E-state index in [1.807, 2.05) is 35.0 Å². The summed E-state index contributed by atoms with van der Waals surface area (Å²) in [6, 6.07) is 9.12. The van der Waals surface area contributed by atoms with E-state index in [4.69, 9.17) is 4.74 Å². The van der Waals surface area contributed by atoms with Crippen LogP contribution >= 0.6 is 0 Å². The second-order valence-corrected chi connectivity index (χ2v) is 8.13. The second kappa shape index (κ2) is 6.31. The zero-order valence-corrected chi connectivity index (χ0v) is 16.0. The van der Waals surface area contributed by atoms with E-state index in [0.717, 1.165) is 18.7 Å². The van der Waals surface area contributed by atoms with Gasteiger partial charge in [0.25, 0.3) is 0 Å². The number of imidazole rings is 1. The molecule has 3 atom stereocenters. The van der Waals surface area contributed by atoms with E-state index in [1.54, 1.807) is 18.6 Å². The summed E-state index contributed by atoms with van der Waals surface area (Å²) < 4.78 is 7.97. The maximum Gasteiger partial charge on any atom is 0.233 e. The molecule has 0 amide bonds. The Hall–Kier alpha value is -2.93. The molecule has 3 heterocycles. The van der Waals surface area contributed by atoms with Gasteiger partial charge in [0.15, 0.2) is 0 Å². The van der Waals surface area contributed by atoms with E-state index in [9.17, 15) is 5.11 Å². The third-order valence-electron chi connectivity index (χ3n) is 6.27. The number of aromatic hydroxyl groups is 1. The van der Waals surface area contributed by atoms with Gasteiger partial charge in [0.1, 0.15) is 11.9 Å². The maximum atomic E-state index is 10.4. The zero-order chi connectivity index (χ0) is 19.3. The lowest BCUT2D eigenvalue weighted by atomic mass is 10.00. The molecule has 144 valence electrons. The molecule has 2 fully saturated rings. The average Bonchev–Trinajstić information content (AvgIpc) is 3.38. The number of nitrogens with zero attached hydrogens (tertiary/aromatic N) is 5. The van der Waals surface area contributed by atoms with Crippen LogP contribution in [-0.2, 0) is 0 Å². The number of phenols is 1. The highest BCUT2D eigenvalue weighted by Gasteiger charge is 2.52. The van der Waals surface area contributed by atoms with Crippen molar-refractivity contribution in [3.05, 3.63) is 49.1 Å². The normalized spacial score (nSPS) is 26.6. The number of piperidine rings is 1. The largest absolute Gasteiger partial charge is 0.507 e. The number of ether oxygens (including phenoxy) is 1. The molecule has 7 heteroatoms. The quantitative estimate of drug-likeness (QED) is 0.753. The first-order chi connectivity index (χ1) is 13.5. The minimum absolute atomic E-state index is 0.151. The van der Waals surface area contributed by atoms with Crippen molar-refractivity contribution in [2.45, 2.75) is 31.4 Å². The molecule has 2 aliphatic rings. The molecule has 0 spiro atoms. The Morgan fingerprint density at radius 2 is 2.07 bits per heavy atom. The number of phenolic OH excluding ortho intramolecular Hbond substituents is 1. The topological polar surface area (TPSA) is 76.3 Å². The lowest BCUT2D eigenvalue weighted by Gasteiger charge is -2.35. The van der Waals surface area contributed by atoms with E-state index in [0.29, 0.717) is 23.1 Å². The minimum Gasteiger partial charge on any atom is -0.507 e. The van der Waals surface area contributed by atoms with E-state index < -0.39 is 0 Å². The van der Waals surface area contributed by atoms with Gasteiger partial charge in [-0.3, -0.25) is 0 Å². The minimum atomic E-state index is 0.151. The lowest BCUT2D eigenvalue weighted by Crippen LogP contribution is -2.44. The fourth-order valence-corrected chi connectivity index (χ4v) is 4.57. The van der Waals surface area contributed by atoms with Gasteiger partial charge >= 0.3 is 0 Å². The number of rotatable bonds is 4. The van der Waals surface area contributed by atoms with Gasteiger partial charge in [-0.15, -0.1) is 10.2 Å². The molecule has 5 rings (SSSR count). The number of likely N-dealkylation sites (tertiary alicyclic amines) is 1. The molecular formula is C21H23N5O2. The predicted octanol–water partition coefficient (Wildman–Crippen LogP) is 2.90. The summed E-state index contributed by atoms with van der Waals surface area (Å²) in [4.78, 5) is 6.46. The van der Waals surface area contributed by atoms with Crippen LogP contribution in [0.3, 0.4) is 0 Å². The molecule has 7 nitrogen and oxygen atoms in total. The van der Waals surface area contributed by atoms with Crippen molar-refractivity contribution in [3.63, 3.8) is 0 Å². The number of hydrogen-bond donors (Lipinski definition) is 1. The highest BCUT2D eigenvalue weighted by Crippen LogP contribution is 2.46. The van der Waals surface area contributed by atoms with Crippen molar-refractivity contribution in [1.29, 1.82) is 0 Å².